The van der Waals surface area contributed by atoms with Gasteiger partial charge in [-0.25, -0.2) is 0 Å². The summed E-state index contributed by atoms with van der Waals surface area (Å²) in [5, 5.41) is 15.5. The third kappa shape index (κ3) is 5.89. The molecule has 1 aliphatic heterocycles. The largest absolute Gasteiger partial charge is 0.416 e. The number of nitrogens with zero attached hydrogens (tertiary/aromatic N) is 5. The molecule has 0 bridgehead atoms. The van der Waals surface area contributed by atoms with Crippen molar-refractivity contribution in [3.05, 3.63) is 38.2 Å². The third-order valence-corrected chi connectivity index (χ3v) is 7.54. The molecule has 2 aliphatic rings. The van der Waals surface area contributed by atoms with Crippen LogP contribution in [0.2, 0.25) is 0 Å². The number of hydrogen-bond donors (Lipinski definition) is 0. The Labute approximate surface area is 203 Å². The van der Waals surface area contributed by atoms with E-state index in [9.17, 15) is 28.1 Å². The van der Waals surface area contributed by atoms with Crippen molar-refractivity contribution in [2.24, 2.45) is 11.1 Å². The van der Waals surface area contributed by atoms with Crippen molar-refractivity contribution in [3.8, 4) is 0 Å². The summed E-state index contributed by atoms with van der Waals surface area (Å²) in [7, 11) is 0. The van der Waals surface area contributed by atoms with Crippen LogP contribution in [0.1, 0.15) is 38.2 Å². The normalized spacial score (nSPS) is 19.7. The van der Waals surface area contributed by atoms with Gasteiger partial charge in [0.15, 0.2) is 5.13 Å². The van der Waals surface area contributed by atoms with Gasteiger partial charge in [-0.2, -0.15) is 18.2 Å². The van der Waals surface area contributed by atoms with Gasteiger partial charge in [0.2, 0.25) is 0 Å². The summed E-state index contributed by atoms with van der Waals surface area (Å²) in [5.74, 6) is 0.572. The average Bonchev–Trinajstić information content (AvgIpc) is 2.82. The monoisotopic (exact) mass is 513 g/mol. The maximum absolute atomic E-state index is 13.2. The molecular formula is C22H26F3N5O4S. The van der Waals surface area contributed by atoms with Crippen LogP contribution in [0, 0.1) is 16.0 Å². The van der Waals surface area contributed by atoms with Gasteiger partial charge in [0.05, 0.1) is 21.6 Å². The standard InChI is InChI=1S/C22H26F3N5O4S/c1-2-34-27-16-5-3-14(4-6-16)13-28-7-9-29(10-8-28)21-26-20(31)17-11-15(22(23,24)25)12-18(30(32)33)19(17)35-21/h11-12,14H,2-10,13H2,1H3. The van der Waals surface area contributed by atoms with Gasteiger partial charge in [-0.15, -0.1) is 0 Å². The van der Waals surface area contributed by atoms with Gasteiger partial charge in [-0.3, -0.25) is 19.8 Å². The van der Waals surface area contributed by atoms with E-state index < -0.39 is 27.9 Å². The number of nitro benzene ring substituents is 1. The first-order valence-corrected chi connectivity index (χ1v) is 12.3. The molecule has 9 nitrogen and oxygen atoms in total. The molecule has 1 aromatic carbocycles. The predicted molar refractivity (Wildman–Crippen MR) is 127 cm³/mol. The highest BCUT2D eigenvalue weighted by Gasteiger charge is 2.34. The molecule has 2 aromatic rings. The number of benzene rings is 1. The molecule has 2 fully saturated rings. The van der Waals surface area contributed by atoms with Gasteiger partial charge in [0.1, 0.15) is 11.3 Å². The molecule has 0 radical (unpaired) electrons. The number of fused-ring (bicyclic) bond motifs is 1. The summed E-state index contributed by atoms with van der Waals surface area (Å²) in [6, 6.07) is 1.12. The average molecular weight is 514 g/mol. The minimum Gasteiger partial charge on any atom is -0.396 e. The maximum atomic E-state index is 13.2. The lowest BCUT2D eigenvalue weighted by molar-refractivity contribution is -0.383. The number of nitro groups is 1. The zero-order valence-electron chi connectivity index (χ0n) is 19.2. The molecule has 1 saturated heterocycles. The van der Waals surface area contributed by atoms with Gasteiger partial charge >= 0.3 is 6.18 Å². The molecule has 0 N–H and O–H groups in total. The molecule has 1 aromatic heterocycles. The Hall–Kier alpha value is -2.80. The van der Waals surface area contributed by atoms with Crippen LogP contribution in [-0.4, -0.2) is 59.8 Å². The van der Waals surface area contributed by atoms with Gasteiger partial charge in [-0.1, -0.05) is 16.5 Å². The number of halogens is 3. The molecule has 1 aliphatic carbocycles. The van der Waals surface area contributed by atoms with Gasteiger partial charge in [0.25, 0.3) is 11.2 Å². The Balaban J connectivity index is 1.44. The zero-order valence-corrected chi connectivity index (χ0v) is 20.0. The van der Waals surface area contributed by atoms with Crippen LogP contribution in [0.3, 0.4) is 0 Å². The smallest absolute Gasteiger partial charge is 0.396 e. The quantitative estimate of drug-likeness (QED) is 0.420. The van der Waals surface area contributed by atoms with E-state index in [1.165, 1.54) is 0 Å². The van der Waals surface area contributed by atoms with Crippen LogP contribution in [0.25, 0.3) is 10.1 Å². The van der Waals surface area contributed by atoms with Crippen LogP contribution in [0.5, 0.6) is 0 Å². The highest BCUT2D eigenvalue weighted by atomic mass is 32.1. The fraction of sp³-hybridized carbons (Fsp3) is 0.591. The molecule has 0 spiro atoms. The number of piperazine rings is 1. The summed E-state index contributed by atoms with van der Waals surface area (Å²) in [6.07, 6.45) is -0.809. The first kappa shape index (κ1) is 25.3. The summed E-state index contributed by atoms with van der Waals surface area (Å²) < 4.78 is 39.4. The molecular weight excluding hydrogens is 487 g/mol. The van der Waals surface area contributed by atoms with Crippen molar-refractivity contribution in [1.82, 2.24) is 9.88 Å². The predicted octanol–water partition coefficient (Wildman–Crippen LogP) is 4.29. The summed E-state index contributed by atoms with van der Waals surface area (Å²) >= 11 is 0.888. The molecule has 1 saturated carbocycles. The maximum Gasteiger partial charge on any atom is 0.416 e. The Morgan fingerprint density at radius 1 is 1.23 bits per heavy atom. The first-order chi connectivity index (χ1) is 16.7. The second-order valence-corrected chi connectivity index (χ2v) is 9.71. The van der Waals surface area contributed by atoms with Crippen molar-refractivity contribution < 1.29 is 22.9 Å². The fourth-order valence-electron chi connectivity index (χ4n) is 4.50. The second-order valence-electron chi connectivity index (χ2n) is 8.73. The molecule has 2 heterocycles. The van der Waals surface area contributed by atoms with Gasteiger partial charge < -0.3 is 9.74 Å². The number of non-ortho nitro benzene ring substituents is 1. The number of alkyl halides is 3. The molecule has 0 unspecified atom stereocenters. The SMILES string of the molecule is CCON=C1CCC(CN2CCN(c3nc(=O)c4cc(C(F)(F)F)cc([N+](=O)[O-])c4s3)CC2)CC1. The number of aromatic nitrogens is 1. The molecule has 190 valence electrons. The topological polar surface area (TPSA) is 101 Å². The van der Waals surface area contributed by atoms with E-state index in [2.05, 4.69) is 15.0 Å². The van der Waals surface area contributed by atoms with E-state index >= 15 is 0 Å². The lowest BCUT2D eigenvalue weighted by atomic mass is 9.87. The number of rotatable bonds is 6. The highest BCUT2D eigenvalue weighted by Crippen LogP contribution is 2.38. The van der Waals surface area contributed by atoms with Crippen molar-refractivity contribution in [2.45, 2.75) is 38.8 Å². The van der Waals surface area contributed by atoms with E-state index in [4.69, 9.17) is 4.84 Å². The Kier molecular flexibility index (Phi) is 7.55. The molecule has 0 amide bonds. The Morgan fingerprint density at radius 2 is 1.91 bits per heavy atom. The van der Waals surface area contributed by atoms with E-state index in [1.807, 2.05) is 11.8 Å². The van der Waals surface area contributed by atoms with Crippen molar-refractivity contribution in [1.29, 1.82) is 0 Å². The fourth-order valence-corrected chi connectivity index (χ4v) is 5.62. The summed E-state index contributed by atoms with van der Waals surface area (Å²) in [4.78, 5) is 36.5. The summed E-state index contributed by atoms with van der Waals surface area (Å²) in [5.41, 5.74) is -1.74. The van der Waals surface area contributed by atoms with Crippen LogP contribution in [0.4, 0.5) is 24.0 Å². The number of anilines is 1. The first-order valence-electron chi connectivity index (χ1n) is 11.5. The lowest BCUT2D eigenvalue weighted by Gasteiger charge is -2.37. The summed E-state index contributed by atoms with van der Waals surface area (Å²) in [6.45, 7) is 6.08. The van der Waals surface area contributed by atoms with Crippen LogP contribution in [0.15, 0.2) is 22.1 Å². The zero-order chi connectivity index (χ0) is 25.2. The lowest BCUT2D eigenvalue weighted by Crippen LogP contribution is -2.48. The number of oxime groups is 1. The Bertz CT molecular complexity index is 1170. The van der Waals surface area contributed by atoms with E-state index in [-0.39, 0.29) is 10.1 Å². The van der Waals surface area contributed by atoms with E-state index in [0.717, 1.165) is 62.4 Å². The Morgan fingerprint density at radius 3 is 2.51 bits per heavy atom. The van der Waals surface area contributed by atoms with E-state index in [0.29, 0.717) is 42.9 Å². The minimum atomic E-state index is -4.80. The highest BCUT2D eigenvalue weighted by molar-refractivity contribution is 7.22. The van der Waals surface area contributed by atoms with Gasteiger partial charge in [-0.05, 0) is 44.6 Å². The molecule has 35 heavy (non-hydrogen) atoms. The molecule has 13 heteroatoms. The van der Waals surface area contributed by atoms with Crippen molar-refractivity contribution in [2.75, 3.05) is 44.2 Å². The molecule has 4 rings (SSSR count). The second kappa shape index (κ2) is 10.4. The van der Waals surface area contributed by atoms with Gasteiger partial charge in [0, 0.05) is 38.8 Å². The number of hydrogen-bond acceptors (Lipinski definition) is 9. The van der Waals surface area contributed by atoms with Crippen molar-refractivity contribution >= 4 is 38.0 Å². The van der Waals surface area contributed by atoms with Crippen LogP contribution in [-0.2, 0) is 11.0 Å². The minimum absolute atomic E-state index is 0.0906. The molecule has 0 atom stereocenters. The van der Waals surface area contributed by atoms with Crippen molar-refractivity contribution in [3.63, 3.8) is 0 Å². The third-order valence-electron chi connectivity index (χ3n) is 6.38. The van der Waals surface area contributed by atoms with Crippen LogP contribution >= 0.6 is 11.3 Å². The van der Waals surface area contributed by atoms with Crippen LogP contribution < -0.4 is 10.5 Å². The van der Waals surface area contributed by atoms with E-state index in [1.54, 1.807) is 0 Å².